The SMILES string of the molecule is CC(N)C1CCCCN1C(C)c1ccc(F)cc1Cl. The fourth-order valence-corrected chi connectivity index (χ4v) is 3.37. The third-order valence-electron chi connectivity index (χ3n) is 4.11. The average Bonchev–Trinajstić information content (AvgIpc) is 2.38. The van der Waals surface area contributed by atoms with Crippen molar-refractivity contribution in [3.63, 3.8) is 0 Å². The quantitative estimate of drug-likeness (QED) is 0.916. The first-order valence-electron chi connectivity index (χ1n) is 6.97. The Hall–Kier alpha value is -0.640. The van der Waals surface area contributed by atoms with E-state index in [9.17, 15) is 4.39 Å². The highest BCUT2D eigenvalue weighted by Crippen LogP contribution is 2.33. The van der Waals surface area contributed by atoms with Gasteiger partial charge in [-0.1, -0.05) is 24.1 Å². The molecule has 1 aliphatic heterocycles. The molecule has 19 heavy (non-hydrogen) atoms. The van der Waals surface area contributed by atoms with Crippen molar-refractivity contribution in [3.05, 3.63) is 34.6 Å². The van der Waals surface area contributed by atoms with Crippen LogP contribution in [0.1, 0.15) is 44.7 Å². The summed E-state index contributed by atoms with van der Waals surface area (Å²) in [5, 5.41) is 0.501. The Bertz CT molecular complexity index is 436. The molecular weight excluding hydrogens is 263 g/mol. The van der Waals surface area contributed by atoms with Crippen LogP contribution in [0.4, 0.5) is 4.39 Å². The molecule has 3 atom stereocenters. The molecule has 2 nitrogen and oxygen atoms in total. The lowest BCUT2D eigenvalue weighted by atomic mass is 9.93. The lowest BCUT2D eigenvalue weighted by molar-refractivity contribution is 0.0890. The molecule has 1 aromatic rings. The van der Waals surface area contributed by atoms with Crippen LogP contribution in [0.5, 0.6) is 0 Å². The molecule has 2 rings (SSSR count). The summed E-state index contributed by atoms with van der Waals surface area (Å²) in [6.45, 7) is 5.21. The maximum absolute atomic E-state index is 13.1. The number of nitrogens with zero attached hydrogens (tertiary/aromatic N) is 1. The number of hydrogen-bond donors (Lipinski definition) is 1. The summed E-state index contributed by atoms with van der Waals surface area (Å²) in [7, 11) is 0. The minimum absolute atomic E-state index is 0.141. The summed E-state index contributed by atoms with van der Waals surface area (Å²) >= 11 is 6.17. The van der Waals surface area contributed by atoms with Crippen LogP contribution in [0.3, 0.4) is 0 Å². The highest BCUT2D eigenvalue weighted by atomic mass is 35.5. The van der Waals surface area contributed by atoms with Crippen molar-refractivity contribution in [1.82, 2.24) is 4.90 Å². The van der Waals surface area contributed by atoms with E-state index in [0.29, 0.717) is 11.1 Å². The topological polar surface area (TPSA) is 29.3 Å². The van der Waals surface area contributed by atoms with E-state index in [1.54, 1.807) is 6.07 Å². The molecule has 0 amide bonds. The van der Waals surface area contributed by atoms with Crippen LogP contribution in [-0.2, 0) is 0 Å². The van der Waals surface area contributed by atoms with E-state index >= 15 is 0 Å². The number of halogens is 2. The Morgan fingerprint density at radius 3 is 2.74 bits per heavy atom. The molecule has 1 fully saturated rings. The third kappa shape index (κ3) is 3.28. The molecule has 0 saturated carbocycles. The summed E-state index contributed by atoms with van der Waals surface area (Å²) in [6.07, 6.45) is 3.54. The molecule has 4 heteroatoms. The lowest BCUT2D eigenvalue weighted by Gasteiger charge is -2.42. The van der Waals surface area contributed by atoms with Crippen molar-refractivity contribution >= 4 is 11.6 Å². The van der Waals surface area contributed by atoms with Gasteiger partial charge in [0, 0.05) is 23.1 Å². The number of likely N-dealkylation sites (tertiary alicyclic amines) is 1. The average molecular weight is 285 g/mol. The maximum Gasteiger partial charge on any atom is 0.124 e. The van der Waals surface area contributed by atoms with Gasteiger partial charge in [0.1, 0.15) is 5.82 Å². The second-order valence-electron chi connectivity index (χ2n) is 5.50. The number of piperidine rings is 1. The summed E-state index contributed by atoms with van der Waals surface area (Å²) in [5.41, 5.74) is 7.08. The molecule has 0 aromatic heterocycles. The van der Waals surface area contributed by atoms with E-state index < -0.39 is 0 Å². The van der Waals surface area contributed by atoms with Crippen LogP contribution in [0.2, 0.25) is 5.02 Å². The van der Waals surface area contributed by atoms with Gasteiger partial charge in [0.2, 0.25) is 0 Å². The third-order valence-corrected chi connectivity index (χ3v) is 4.44. The van der Waals surface area contributed by atoms with Gasteiger partial charge in [-0.05, 0) is 50.9 Å². The molecule has 1 heterocycles. The zero-order chi connectivity index (χ0) is 14.0. The van der Waals surface area contributed by atoms with Gasteiger partial charge in [-0.3, -0.25) is 4.90 Å². The summed E-state index contributed by atoms with van der Waals surface area (Å²) < 4.78 is 13.1. The molecule has 106 valence electrons. The maximum atomic E-state index is 13.1. The fourth-order valence-electron chi connectivity index (χ4n) is 3.04. The number of hydrogen-bond acceptors (Lipinski definition) is 2. The van der Waals surface area contributed by atoms with Crippen LogP contribution in [0.25, 0.3) is 0 Å². The number of nitrogens with two attached hydrogens (primary N) is 1. The van der Waals surface area contributed by atoms with Gasteiger partial charge < -0.3 is 5.73 Å². The summed E-state index contributed by atoms with van der Waals surface area (Å²) in [5.74, 6) is -0.289. The predicted octanol–water partition coefficient (Wildman–Crippen LogP) is 3.74. The monoisotopic (exact) mass is 284 g/mol. The van der Waals surface area contributed by atoms with Gasteiger partial charge in [-0.25, -0.2) is 4.39 Å². The molecule has 3 unspecified atom stereocenters. The van der Waals surface area contributed by atoms with E-state index in [2.05, 4.69) is 18.7 Å². The second kappa shape index (κ2) is 6.21. The fraction of sp³-hybridized carbons (Fsp3) is 0.600. The normalized spacial score (nSPS) is 24.2. The Labute approximate surface area is 119 Å². The molecule has 1 aliphatic rings. The van der Waals surface area contributed by atoms with Crippen LogP contribution in [0, 0.1) is 5.82 Å². The molecule has 2 N–H and O–H groups in total. The van der Waals surface area contributed by atoms with Gasteiger partial charge in [0.15, 0.2) is 0 Å². The van der Waals surface area contributed by atoms with E-state index in [-0.39, 0.29) is 17.9 Å². The van der Waals surface area contributed by atoms with Crippen molar-refractivity contribution < 1.29 is 4.39 Å². The first-order chi connectivity index (χ1) is 9.00. The number of rotatable bonds is 3. The minimum Gasteiger partial charge on any atom is -0.327 e. The van der Waals surface area contributed by atoms with Gasteiger partial charge >= 0.3 is 0 Å². The van der Waals surface area contributed by atoms with E-state index in [1.165, 1.54) is 25.0 Å². The minimum atomic E-state index is -0.289. The highest BCUT2D eigenvalue weighted by molar-refractivity contribution is 6.31. The van der Waals surface area contributed by atoms with Crippen molar-refractivity contribution in [2.75, 3.05) is 6.54 Å². The first-order valence-corrected chi connectivity index (χ1v) is 7.34. The van der Waals surface area contributed by atoms with Crippen LogP contribution < -0.4 is 5.73 Å². The summed E-state index contributed by atoms with van der Waals surface area (Å²) in [6, 6.07) is 5.34. The van der Waals surface area contributed by atoms with Crippen molar-refractivity contribution in [1.29, 1.82) is 0 Å². The molecule has 1 aromatic carbocycles. The smallest absolute Gasteiger partial charge is 0.124 e. The zero-order valence-corrected chi connectivity index (χ0v) is 12.3. The highest BCUT2D eigenvalue weighted by Gasteiger charge is 2.30. The Morgan fingerprint density at radius 2 is 2.11 bits per heavy atom. The van der Waals surface area contributed by atoms with Gasteiger partial charge in [0.05, 0.1) is 0 Å². The number of benzene rings is 1. The molecule has 0 aliphatic carbocycles. The van der Waals surface area contributed by atoms with Gasteiger partial charge in [0.25, 0.3) is 0 Å². The van der Waals surface area contributed by atoms with Crippen molar-refractivity contribution in [3.8, 4) is 0 Å². The van der Waals surface area contributed by atoms with Crippen molar-refractivity contribution in [2.45, 2.75) is 51.2 Å². The predicted molar refractivity (Wildman–Crippen MR) is 77.8 cm³/mol. The van der Waals surface area contributed by atoms with E-state index in [4.69, 9.17) is 17.3 Å². The second-order valence-corrected chi connectivity index (χ2v) is 5.91. The van der Waals surface area contributed by atoms with Crippen LogP contribution in [-0.4, -0.2) is 23.5 Å². The Balaban J connectivity index is 2.23. The lowest BCUT2D eigenvalue weighted by Crippen LogP contribution is -2.49. The molecule has 1 saturated heterocycles. The van der Waals surface area contributed by atoms with Gasteiger partial charge in [-0.2, -0.15) is 0 Å². The molecule has 0 bridgehead atoms. The van der Waals surface area contributed by atoms with E-state index in [0.717, 1.165) is 18.5 Å². The zero-order valence-electron chi connectivity index (χ0n) is 11.6. The van der Waals surface area contributed by atoms with E-state index in [1.807, 2.05) is 0 Å². The molecular formula is C15H22ClFN2. The summed E-state index contributed by atoms with van der Waals surface area (Å²) in [4.78, 5) is 2.41. The Kier molecular flexibility index (Phi) is 4.82. The van der Waals surface area contributed by atoms with Crippen LogP contribution in [0.15, 0.2) is 18.2 Å². The standard InChI is InChI=1S/C15H22ClFN2/c1-10(18)15-5-3-4-8-19(15)11(2)13-7-6-12(17)9-14(13)16/h6-7,9-11,15H,3-5,8,18H2,1-2H3. The van der Waals surface area contributed by atoms with Crippen LogP contribution >= 0.6 is 11.6 Å². The first kappa shape index (κ1) is 14.8. The van der Waals surface area contributed by atoms with Crippen molar-refractivity contribution in [2.24, 2.45) is 5.73 Å². The largest absolute Gasteiger partial charge is 0.327 e. The molecule has 0 spiro atoms. The molecule has 0 radical (unpaired) electrons. The van der Waals surface area contributed by atoms with Gasteiger partial charge in [-0.15, -0.1) is 0 Å². The Morgan fingerprint density at radius 1 is 1.37 bits per heavy atom.